The molecular formula is C12H22F6O6S2Zr-6. The molecule has 0 fully saturated rings. The molecule has 0 aliphatic heterocycles. The Hall–Kier alpha value is -0.237. The van der Waals surface area contributed by atoms with Gasteiger partial charge in [0.2, 0.25) is 0 Å². The Morgan fingerprint density at radius 1 is 0.741 bits per heavy atom. The monoisotopic (exact) mass is 530 g/mol. The van der Waals surface area contributed by atoms with Gasteiger partial charge in [0.15, 0.2) is 0 Å². The largest absolute Gasteiger partial charge is 0.522 e. The van der Waals surface area contributed by atoms with E-state index in [1.807, 2.05) is 12.2 Å². The van der Waals surface area contributed by atoms with Gasteiger partial charge in [-0.1, -0.05) is 0 Å². The molecule has 0 aromatic heterocycles. The molecule has 6 nitrogen and oxygen atoms in total. The maximum atomic E-state index is 10.7. The van der Waals surface area contributed by atoms with Crippen LogP contribution in [0.1, 0.15) is 6.42 Å². The van der Waals surface area contributed by atoms with Crippen molar-refractivity contribution in [2.24, 2.45) is 0 Å². The molecule has 1 aliphatic carbocycles. The van der Waals surface area contributed by atoms with E-state index < -0.39 is 31.3 Å². The van der Waals surface area contributed by atoms with Crippen LogP contribution in [0, 0.1) is 43.2 Å². The van der Waals surface area contributed by atoms with Gasteiger partial charge in [0.05, 0.1) is 0 Å². The fourth-order valence-electron chi connectivity index (χ4n) is 0.340. The summed E-state index contributed by atoms with van der Waals surface area (Å²) in [5.74, 6) is 0. The zero-order valence-electron chi connectivity index (χ0n) is 15.1. The van der Waals surface area contributed by atoms with E-state index in [-0.39, 0.29) is 63.3 Å². The second-order valence-electron chi connectivity index (χ2n) is 2.84. The van der Waals surface area contributed by atoms with Crippen molar-refractivity contribution in [3.63, 3.8) is 0 Å². The summed E-state index contributed by atoms with van der Waals surface area (Å²) in [4.78, 5) is 0. The SMILES string of the molecule is O=S(=O)(O)C(F)(F)F.O=S(=O)(O)C(F)(F)F.[C-]1=CC=CC1.[CH3-].[CH3-].[CH3-].[CH3-].[CH3-].[Zr]. The molecule has 0 spiro atoms. The third-order valence-electron chi connectivity index (χ3n) is 1.17. The number of rotatable bonds is 0. The molecule has 0 atom stereocenters. The quantitative estimate of drug-likeness (QED) is 0.208. The predicted molar refractivity (Wildman–Crippen MR) is 88.8 cm³/mol. The van der Waals surface area contributed by atoms with Crippen LogP contribution in [-0.4, -0.2) is 37.0 Å². The first-order valence-corrected chi connectivity index (χ1v) is 7.17. The molecule has 0 amide bonds. The molecule has 2 N–H and O–H groups in total. The van der Waals surface area contributed by atoms with Gasteiger partial charge in [-0.2, -0.15) is 49.3 Å². The Balaban J connectivity index is -0.0000000305. The average Bonchev–Trinajstić information content (AvgIpc) is 2.68. The van der Waals surface area contributed by atoms with Gasteiger partial charge in [-0.25, -0.2) is 12.2 Å². The first-order chi connectivity index (χ1) is 9.00. The molecule has 27 heavy (non-hydrogen) atoms. The van der Waals surface area contributed by atoms with Gasteiger partial charge >= 0.3 is 31.3 Å². The minimum atomic E-state index is -5.84. The Morgan fingerprint density at radius 2 is 0.963 bits per heavy atom. The van der Waals surface area contributed by atoms with Crippen molar-refractivity contribution in [3.05, 3.63) is 61.4 Å². The van der Waals surface area contributed by atoms with Crippen LogP contribution in [0.2, 0.25) is 0 Å². The summed E-state index contributed by atoms with van der Waals surface area (Å²) >= 11 is 0. The van der Waals surface area contributed by atoms with Crippen LogP contribution in [0.4, 0.5) is 26.3 Å². The van der Waals surface area contributed by atoms with Gasteiger partial charge in [0.25, 0.3) is 0 Å². The summed E-state index contributed by atoms with van der Waals surface area (Å²) in [5.41, 5.74) is -11.1. The second-order valence-corrected chi connectivity index (χ2v) is 5.67. The van der Waals surface area contributed by atoms with E-state index in [0.717, 1.165) is 6.42 Å². The van der Waals surface area contributed by atoms with Crippen LogP contribution < -0.4 is 0 Å². The zero-order valence-corrected chi connectivity index (χ0v) is 19.1. The Labute approximate surface area is 177 Å². The van der Waals surface area contributed by atoms with Gasteiger partial charge in [-0.3, -0.25) is 15.2 Å². The molecule has 1 rings (SSSR count). The van der Waals surface area contributed by atoms with E-state index in [4.69, 9.17) is 25.9 Å². The van der Waals surface area contributed by atoms with Crippen molar-refractivity contribution in [2.75, 3.05) is 0 Å². The number of hydrogen-bond donors (Lipinski definition) is 2. The van der Waals surface area contributed by atoms with E-state index in [1.165, 1.54) is 0 Å². The summed E-state index contributed by atoms with van der Waals surface area (Å²) in [5, 5.41) is 0. The van der Waals surface area contributed by atoms with Crippen LogP contribution in [0.5, 0.6) is 0 Å². The average molecular weight is 532 g/mol. The predicted octanol–water partition coefficient (Wildman–Crippen LogP) is 4.34. The van der Waals surface area contributed by atoms with Gasteiger partial charge in [0.1, 0.15) is 0 Å². The first kappa shape index (κ1) is 50.5. The molecule has 0 unspecified atom stereocenters. The number of allylic oxidation sites excluding steroid dienone is 4. The summed E-state index contributed by atoms with van der Waals surface area (Å²) in [6.45, 7) is 0. The van der Waals surface area contributed by atoms with Crippen LogP contribution >= 0.6 is 0 Å². The fraction of sp³-hybridized carbons (Fsp3) is 0.250. The molecule has 0 saturated heterocycles. The van der Waals surface area contributed by atoms with E-state index in [1.54, 1.807) is 0 Å². The van der Waals surface area contributed by atoms with Gasteiger partial charge in [-0.15, -0.1) is 6.42 Å². The van der Waals surface area contributed by atoms with Crippen LogP contribution in [-0.2, 0) is 46.4 Å². The van der Waals surface area contributed by atoms with Gasteiger partial charge in [-0.05, 0) is 0 Å². The number of hydrogen-bond acceptors (Lipinski definition) is 4. The fourth-order valence-corrected chi connectivity index (χ4v) is 0.340. The third kappa shape index (κ3) is 28.1. The molecule has 1 aliphatic rings. The summed E-state index contributed by atoms with van der Waals surface area (Å²) in [6, 6.07) is 0. The molecule has 15 heteroatoms. The minimum absolute atomic E-state index is 0. The van der Waals surface area contributed by atoms with E-state index in [2.05, 4.69) is 12.2 Å². The maximum Gasteiger partial charge on any atom is 0.522 e. The molecular weight excluding hydrogens is 509 g/mol. The van der Waals surface area contributed by atoms with Crippen molar-refractivity contribution in [3.8, 4) is 0 Å². The summed E-state index contributed by atoms with van der Waals surface area (Å²) in [6.07, 6.45) is 10.0. The molecule has 0 saturated carbocycles. The van der Waals surface area contributed by atoms with Crippen molar-refractivity contribution < 1.29 is 78.5 Å². The third-order valence-corrected chi connectivity index (χ3v) is 2.34. The van der Waals surface area contributed by atoms with Crippen LogP contribution in [0.3, 0.4) is 0 Å². The molecule has 0 heterocycles. The van der Waals surface area contributed by atoms with Gasteiger partial charge in [0, 0.05) is 26.2 Å². The Bertz CT molecular complexity index is 528. The minimum Gasteiger partial charge on any atom is -0.358 e. The Morgan fingerprint density at radius 3 is 1.00 bits per heavy atom. The molecule has 0 aromatic rings. The van der Waals surface area contributed by atoms with Gasteiger partial charge < -0.3 is 37.1 Å². The van der Waals surface area contributed by atoms with E-state index >= 15 is 0 Å². The van der Waals surface area contributed by atoms with Crippen molar-refractivity contribution in [1.29, 1.82) is 0 Å². The Kier molecular flexibility index (Phi) is 35.7. The van der Waals surface area contributed by atoms with E-state index in [9.17, 15) is 26.3 Å². The molecule has 0 radical (unpaired) electrons. The molecule has 0 bridgehead atoms. The maximum absolute atomic E-state index is 10.7. The van der Waals surface area contributed by atoms with Crippen LogP contribution in [0.25, 0.3) is 0 Å². The zero-order chi connectivity index (χ0) is 17.5. The van der Waals surface area contributed by atoms with Crippen molar-refractivity contribution in [2.45, 2.75) is 17.4 Å². The standard InChI is InChI=1S/C5H5.2CHF3O3S.5CH3.Zr/c1-2-4-5-3-1;2*2-1(3,4)8(5,6)7;;;;;;/h1-3H,4H2;2*(H,5,6,7);5*1H3;/q-1;;;5*-1;. The smallest absolute Gasteiger partial charge is 0.358 e. The molecule has 170 valence electrons. The molecule has 0 aromatic carbocycles. The van der Waals surface area contributed by atoms with Crippen molar-refractivity contribution in [1.82, 2.24) is 0 Å². The number of halogens is 6. The summed E-state index contributed by atoms with van der Waals surface area (Å²) < 4.78 is 115. The van der Waals surface area contributed by atoms with Crippen molar-refractivity contribution >= 4 is 20.2 Å². The van der Waals surface area contributed by atoms with Crippen LogP contribution in [0.15, 0.2) is 18.2 Å². The number of alkyl halides is 6. The first-order valence-electron chi connectivity index (χ1n) is 4.29. The topological polar surface area (TPSA) is 109 Å². The van der Waals surface area contributed by atoms with E-state index in [0.29, 0.717) is 0 Å². The summed E-state index contributed by atoms with van der Waals surface area (Å²) in [7, 11) is -11.7. The normalized spacial score (nSPS) is 11.6. The second kappa shape index (κ2) is 19.1.